The number of carbonyl (C=O) groups excluding carboxylic acids is 2. The number of thiazole rings is 1. The average Bonchev–Trinajstić information content (AvgIpc) is 3.53. The minimum Gasteiger partial charge on any atom is -0.481 e. The largest absolute Gasteiger partial charge is 0.481 e. The Morgan fingerprint density at radius 2 is 1.75 bits per heavy atom. The number of carboxylic acids is 1. The second kappa shape index (κ2) is 8.31. The Bertz CT molecular complexity index is 1310. The fourth-order valence-corrected chi connectivity index (χ4v) is 10.1. The lowest BCUT2D eigenvalue weighted by Crippen LogP contribution is -2.42. The Morgan fingerprint density at radius 3 is 2.39 bits per heavy atom. The first-order valence-electron chi connectivity index (χ1n) is 12.6. The summed E-state index contributed by atoms with van der Waals surface area (Å²) in [5.41, 5.74) is 2.44. The van der Waals surface area contributed by atoms with Crippen LogP contribution < -0.4 is 4.87 Å². The highest BCUT2D eigenvalue weighted by Gasteiger charge is 2.69. The molecule has 4 aliphatic rings. The zero-order valence-corrected chi connectivity index (χ0v) is 22.2. The van der Waals surface area contributed by atoms with Crippen molar-refractivity contribution in [3.05, 3.63) is 49.9 Å². The van der Waals surface area contributed by atoms with E-state index in [2.05, 4.69) is 50.0 Å². The van der Waals surface area contributed by atoms with Gasteiger partial charge < -0.3 is 10.1 Å². The molecule has 36 heavy (non-hydrogen) atoms. The van der Waals surface area contributed by atoms with Gasteiger partial charge in [0.15, 0.2) is 0 Å². The van der Waals surface area contributed by atoms with E-state index in [1.807, 2.05) is 0 Å². The maximum absolute atomic E-state index is 13.5. The third-order valence-corrected chi connectivity index (χ3v) is 11.3. The van der Waals surface area contributed by atoms with Crippen molar-refractivity contribution in [1.82, 2.24) is 9.88 Å². The van der Waals surface area contributed by atoms with Crippen LogP contribution in [-0.2, 0) is 19.8 Å². The number of rotatable bonds is 5. The van der Waals surface area contributed by atoms with E-state index in [1.54, 1.807) is 11.8 Å². The van der Waals surface area contributed by atoms with Gasteiger partial charge in [-0.2, -0.15) is 0 Å². The fraction of sp³-hybridized carbons (Fsp3) is 0.556. The summed E-state index contributed by atoms with van der Waals surface area (Å²) in [5, 5.41) is 10.1. The van der Waals surface area contributed by atoms with Crippen molar-refractivity contribution in [2.75, 3.05) is 6.54 Å². The molecular formula is C27H30N2O5S2. The van der Waals surface area contributed by atoms with Crippen molar-refractivity contribution < 1.29 is 19.5 Å². The van der Waals surface area contributed by atoms with Crippen LogP contribution in [0.25, 0.3) is 0 Å². The number of carbonyl (C=O) groups is 3. The van der Waals surface area contributed by atoms with E-state index in [0.29, 0.717) is 0 Å². The molecule has 2 aliphatic heterocycles. The van der Waals surface area contributed by atoms with Gasteiger partial charge in [-0.05, 0) is 47.1 Å². The summed E-state index contributed by atoms with van der Waals surface area (Å²) in [7, 11) is 0. The molecule has 7 nitrogen and oxygen atoms in total. The molecule has 2 aliphatic carbocycles. The van der Waals surface area contributed by atoms with Crippen molar-refractivity contribution in [2.24, 2.45) is 29.6 Å². The molecular weight excluding hydrogens is 496 g/mol. The van der Waals surface area contributed by atoms with Crippen LogP contribution in [0.4, 0.5) is 0 Å². The van der Waals surface area contributed by atoms with Gasteiger partial charge in [-0.3, -0.25) is 24.1 Å². The number of aliphatic carboxylic acids is 1. The van der Waals surface area contributed by atoms with Crippen molar-refractivity contribution in [3.8, 4) is 0 Å². The number of nitrogens with zero attached hydrogens (tertiary/aromatic N) is 1. The summed E-state index contributed by atoms with van der Waals surface area (Å²) >= 11 is 2.96. The third-order valence-electron chi connectivity index (χ3n) is 8.72. The number of nitrogens with one attached hydrogen (secondary N) is 1. The highest BCUT2D eigenvalue weighted by molar-refractivity contribution is 8.00. The maximum atomic E-state index is 13.5. The van der Waals surface area contributed by atoms with Crippen LogP contribution in [0.3, 0.4) is 0 Å². The number of hydrogen-bond donors (Lipinski definition) is 2. The van der Waals surface area contributed by atoms with Gasteiger partial charge in [-0.1, -0.05) is 56.4 Å². The number of carboxylic acid groups (broad SMARTS) is 1. The average molecular weight is 527 g/mol. The van der Waals surface area contributed by atoms with Crippen molar-refractivity contribution in [3.63, 3.8) is 0 Å². The number of H-pyrrole nitrogens is 1. The number of aromatic nitrogens is 1. The van der Waals surface area contributed by atoms with Crippen LogP contribution in [0.15, 0.2) is 34.1 Å². The van der Waals surface area contributed by atoms with Crippen molar-refractivity contribution in [2.45, 2.75) is 61.6 Å². The summed E-state index contributed by atoms with van der Waals surface area (Å²) in [6, 6.07) is 8.70. The van der Waals surface area contributed by atoms with E-state index in [0.717, 1.165) is 21.9 Å². The van der Waals surface area contributed by atoms with Crippen LogP contribution in [0.1, 0.15) is 62.0 Å². The first kappa shape index (κ1) is 24.0. The molecule has 2 amide bonds. The van der Waals surface area contributed by atoms with Gasteiger partial charge in [-0.15, -0.1) is 11.8 Å². The summed E-state index contributed by atoms with van der Waals surface area (Å²) in [4.78, 5) is 55.6. The summed E-state index contributed by atoms with van der Waals surface area (Å²) in [6.45, 7) is 6.74. The molecule has 7 atom stereocenters. The lowest BCUT2D eigenvalue weighted by atomic mass is 9.68. The van der Waals surface area contributed by atoms with Crippen molar-refractivity contribution in [1.29, 1.82) is 0 Å². The standard InChI is InChI=1S/C27H30N2O5S2/c1-27(2,3)13-8-6-12(7-9-13)17-18-14-11-15(21(18)35-23-22(17)36-26(34)28-23)20-19(14)24(32)29(25(20)33)10-4-5-16(30)31/h6-9,14-15,17-21H,4-5,10-11H2,1-3H3,(H,28,34)(H,30,31)/t14-,15+,17+,18+,19+,20+,21-/m1/s1. The van der Waals surface area contributed by atoms with Gasteiger partial charge in [0.1, 0.15) is 0 Å². The molecule has 2 N–H and O–H groups in total. The Morgan fingerprint density at radius 1 is 1.08 bits per heavy atom. The van der Waals surface area contributed by atoms with Gasteiger partial charge in [0.2, 0.25) is 11.8 Å². The monoisotopic (exact) mass is 526 g/mol. The van der Waals surface area contributed by atoms with E-state index < -0.39 is 5.97 Å². The lowest BCUT2D eigenvalue weighted by molar-refractivity contribution is -0.142. The number of hydrogen-bond acceptors (Lipinski definition) is 6. The molecule has 2 bridgehead atoms. The zero-order chi connectivity index (χ0) is 25.5. The fourth-order valence-electron chi connectivity index (χ4n) is 7.25. The van der Waals surface area contributed by atoms with Gasteiger partial charge in [-0.25, -0.2) is 0 Å². The SMILES string of the molecule is CC(C)(C)c1ccc([C@@H]2c3sc(=O)[nH]c3S[C@@H]3[C@H]4C[C@@H]([C@@H]5C(=O)N(CCCC(=O)O)C(=O)[C@@H]45)[C@@H]23)cc1. The van der Waals surface area contributed by atoms with E-state index in [-0.39, 0.29) is 82.2 Å². The Balaban J connectivity index is 1.36. The van der Waals surface area contributed by atoms with Crippen molar-refractivity contribution >= 4 is 40.9 Å². The Labute approximate surface area is 217 Å². The van der Waals surface area contributed by atoms with Crippen LogP contribution in [0, 0.1) is 29.6 Å². The molecule has 1 aromatic heterocycles. The number of likely N-dealkylation sites (tertiary alicyclic amines) is 1. The number of aromatic amines is 1. The van der Waals surface area contributed by atoms with E-state index in [1.165, 1.54) is 21.8 Å². The molecule has 3 heterocycles. The molecule has 0 spiro atoms. The number of amides is 2. The number of imide groups is 1. The van der Waals surface area contributed by atoms with E-state index in [9.17, 15) is 19.2 Å². The minimum absolute atomic E-state index is 0.0177. The van der Waals surface area contributed by atoms with Crippen LogP contribution in [-0.4, -0.2) is 44.6 Å². The highest BCUT2D eigenvalue weighted by Crippen LogP contribution is 2.68. The first-order chi connectivity index (χ1) is 17.1. The topological polar surface area (TPSA) is 108 Å². The number of benzene rings is 1. The smallest absolute Gasteiger partial charge is 0.305 e. The maximum Gasteiger partial charge on any atom is 0.305 e. The number of thioether (sulfide) groups is 1. The number of fused-ring (bicyclic) bond motifs is 9. The normalized spacial score (nSPS) is 32.5. The molecule has 190 valence electrons. The predicted molar refractivity (Wildman–Crippen MR) is 137 cm³/mol. The zero-order valence-electron chi connectivity index (χ0n) is 20.5. The van der Waals surface area contributed by atoms with Gasteiger partial charge in [0.05, 0.1) is 16.9 Å². The molecule has 2 saturated carbocycles. The second-order valence-electron chi connectivity index (χ2n) is 11.7. The Kier molecular flexibility index (Phi) is 5.54. The molecule has 6 rings (SSSR count). The third kappa shape index (κ3) is 3.53. The highest BCUT2D eigenvalue weighted by atomic mass is 32.2. The molecule has 3 fully saturated rings. The summed E-state index contributed by atoms with van der Waals surface area (Å²) in [5.74, 6) is -1.46. The van der Waals surface area contributed by atoms with E-state index >= 15 is 0 Å². The molecule has 1 aromatic carbocycles. The predicted octanol–water partition coefficient (Wildman–Crippen LogP) is 4.07. The molecule has 0 radical (unpaired) electrons. The second-order valence-corrected chi connectivity index (χ2v) is 13.9. The van der Waals surface area contributed by atoms with Gasteiger partial charge in [0, 0.05) is 29.0 Å². The van der Waals surface area contributed by atoms with Crippen LogP contribution >= 0.6 is 23.1 Å². The Hall–Kier alpha value is -2.39. The van der Waals surface area contributed by atoms with Gasteiger partial charge in [0.25, 0.3) is 0 Å². The van der Waals surface area contributed by atoms with Crippen LogP contribution in [0.5, 0.6) is 0 Å². The summed E-state index contributed by atoms with van der Waals surface area (Å²) < 4.78 is 0. The molecule has 1 saturated heterocycles. The lowest BCUT2D eigenvalue weighted by Gasteiger charge is -2.43. The molecule has 9 heteroatoms. The van der Waals surface area contributed by atoms with E-state index in [4.69, 9.17) is 5.11 Å². The molecule has 0 unspecified atom stereocenters. The van der Waals surface area contributed by atoms with Crippen LogP contribution in [0.2, 0.25) is 0 Å². The van der Waals surface area contributed by atoms with Gasteiger partial charge >= 0.3 is 10.8 Å². The summed E-state index contributed by atoms with van der Waals surface area (Å²) in [6.07, 6.45) is 1.08. The quantitative estimate of drug-likeness (QED) is 0.569. The molecule has 2 aromatic rings. The minimum atomic E-state index is -0.919. The first-order valence-corrected chi connectivity index (χ1v) is 14.3.